The van der Waals surface area contributed by atoms with Crippen LogP contribution in [-0.4, -0.2) is 107 Å². The number of alkyl halides is 3. The molecule has 0 radical (unpaired) electrons. The summed E-state index contributed by atoms with van der Waals surface area (Å²) < 4.78 is 63.4. The Morgan fingerprint density at radius 2 is 1.68 bits per heavy atom. The SMILES string of the molecule is CC(=O)N[C@@H](CCCCN)C(=O)NCCNC(=O)CCSCC(=O)N(CC1CCNC1)[C@@H](c1cc(-c2cc(F)ccc2F)cn1Cc1ccccc1)C(C)(C)C.O=C(O)C(F)(F)F. The largest absolute Gasteiger partial charge is 0.490 e. The zero-order chi connectivity index (χ0) is 46.7. The van der Waals surface area contributed by atoms with Crippen molar-refractivity contribution in [2.75, 3.05) is 50.8 Å². The van der Waals surface area contributed by atoms with Crippen molar-refractivity contribution < 1.29 is 51.0 Å². The molecular weight excluding hydrogens is 850 g/mol. The Hall–Kier alpha value is -5.01. The molecule has 2 aromatic carbocycles. The first-order valence-electron chi connectivity index (χ1n) is 20.8. The molecule has 2 heterocycles. The maximum absolute atomic E-state index is 15.2. The number of aliphatic carboxylic acids is 1. The highest BCUT2D eigenvalue weighted by atomic mass is 32.2. The number of nitrogens with two attached hydrogens (primary N) is 1. The van der Waals surface area contributed by atoms with Crippen molar-refractivity contribution in [1.82, 2.24) is 30.7 Å². The van der Waals surface area contributed by atoms with Gasteiger partial charge in [0, 0.05) is 68.3 Å². The lowest BCUT2D eigenvalue weighted by atomic mass is 9.82. The number of amides is 4. The van der Waals surface area contributed by atoms with Gasteiger partial charge in [0.05, 0.1) is 11.8 Å². The van der Waals surface area contributed by atoms with Crippen LogP contribution in [-0.2, 0) is 30.5 Å². The van der Waals surface area contributed by atoms with E-state index < -0.39 is 41.3 Å². The molecule has 1 saturated heterocycles. The Morgan fingerprint density at radius 3 is 2.29 bits per heavy atom. The molecule has 63 heavy (non-hydrogen) atoms. The van der Waals surface area contributed by atoms with Crippen molar-refractivity contribution in [3.63, 3.8) is 0 Å². The molecule has 1 aromatic heterocycles. The van der Waals surface area contributed by atoms with Gasteiger partial charge in [0.15, 0.2) is 0 Å². The molecular formula is C44H60F5N7O6S. The molecule has 1 fully saturated rings. The lowest BCUT2D eigenvalue weighted by molar-refractivity contribution is -0.192. The maximum atomic E-state index is 15.2. The van der Waals surface area contributed by atoms with E-state index in [1.165, 1.54) is 24.8 Å². The number of hydrogen-bond acceptors (Lipinski definition) is 8. The molecule has 1 unspecified atom stereocenters. The number of carbonyl (C=O) groups excluding carboxylic acids is 4. The molecule has 1 aliphatic heterocycles. The standard InChI is InChI=1S/C42H59F2N7O4S.C2HF3O2/c1-29(52)49-36(12-8-9-17-45)41(55)48-20-19-47-38(53)16-21-56-28-39(54)51(26-31-15-18-46-24-31)40(42(2,3)4)37-22-32(34-23-33(43)13-14-35(34)44)27-50(37)25-30-10-6-5-7-11-30;3-2(4,5)1(6)7/h5-7,10-11,13-14,22-23,27,31,36,40,46H,8-9,12,15-21,24-26,28,45H2,1-4H3,(H,47,53)(H,48,55)(H,49,52);(H,6,7)/t31?,36-,40-;/m0./s1. The molecule has 3 atom stereocenters. The molecule has 4 rings (SSSR count). The lowest BCUT2D eigenvalue weighted by Crippen LogP contribution is -2.47. The van der Waals surface area contributed by atoms with Gasteiger partial charge in [-0.1, -0.05) is 51.1 Å². The van der Waals surface area contributed by atoms with Crippen molar-refractivity contribution in [3.05, 3.63) is 83.7 Å². The molecule has 13 nitrogen and oxygen atoms in total. The number of carboxylic acids is 1. The molecule has 0 aliphatic carbocycles. The van der Waals surface area contributed by atoms with E-state index in [1.807, 2.05) is 47.5 Å². The van der Waals surface area contributed by atoms with Crippen molar-refractivity contribution in [1.29, 1.82) is 0 Å². The highest BCUT2D eigenvalue weighted by Crippen LogP contribution is 2.42. The van der Waals surface area contributed by atoms with Gasteiger partial charge in [-0.2, -0.15) is 24.9 Å². The maximum Gasteiger partial charge on any atom is 0.490 e. The van der Waals surface area contributed by atoms with Crippen LogP contribution >= 0.6 is 11.8 Å². The number of hydrogen-bond donors (Lipinski definition) is 6. The van der Waals surface area contributed by atoms with Gasteiger partial charge in [0.1, 0.15) is 17.7 Å². The molecule has 348 valence electrons. The summed E-state index contributed by atoms with van der Waals surface area (Å²) in [5.74, 6) is -3.84. The summed E-state index contributed by atoms with van der Waals surface area (Å²) >= 11 is 1.39. The molecule has 0 bridgehead atoms. The van der Waals surface area contributed by atoms with Crippen molar-refractivity contribution in [2.24, 2.45) is 17.1 Å². The van der Waals surface area contributed by atoms with E-state index >= 15 is 4.39 Å². The number of carboxylic acid groups (broad SMARTS) is 1. The van der Waals surface area contributed by atoms with Crippen LogP contribution in [0.1, 0.15) is 77.1 Å². The van der Waals surface area contributed by atoms with Gasteiger partial charge in [0.2, 0.25) is 23.6 Å². The number of halogens is 5. The van der Waals surface area contributed by atoms with Crippen LogP contribution in [0.2, 0.25) is 0 Å². The topological polar surface area (TPSA) is 188 Å². The Bertz CT molecular complexity index is 1950. The number of carbonyl (C=O) groups is 5. The van der Waals surface area contributed by atoms with Gasteiger partial charge >= 0.3 is 12.1 Å². The van der Waals surface area contributed by atoms with Gasteiger partial charge in [-0.15, -0.1) is 0 Å². The minimum Gasteiger partial charge on any atom is -0.475 e. The highest BCUT2D eigenvalue weighted by molar-refractivity contribution is 7.99. The summed E-state index contributed by atoms with van der Waals surface area (Å²) in [4.78, 5) is 62.0. The Labute approximate surface area is 369 Å². The first kappa shape index (κ1) is 52.3. The second-order valence-corrected chi connectivity index (χ2v) is 17.5. The minimum atomic E-state index is -5.08. The Balaban J connectivity index is 0.00000139. The average Bonchev–Trinajstić information content (AvgIpc) is 3.88. The third-order valence-electron chi connectivity index (χ3n) is 10.0. The highest BCUT2D eigenvalue weighted by Gasteiger charge is 2.39. The minimum absolute atomic E-state index is 0.0592. The predicted octanol–water partition coefficient (Wildman–Crippen LogP) is 5.63. The van der Waals surface area contributed by atoms with E-state index in [2.05, 4.69) is 46.6 Å². The third kappa shape index (κ3) is 17.9. The number of unbranched alkanes of at least 4 members (excludes halogenated alkanes) is 1. The summed E-state index contributed by atoms with van der Waals surface area (Å²) in [6, 6.07) is 14.2. The summed E-state index contributed by atoms with van der Waals surface area (Å²) in [6.07, 6.45) is -0.174. The van der Waals surface area contributed by atoms with Crippen LogP contribution in [0.3, 0.4) is 0 Å². The normalized spacial score (nSPS) is 14.8. The first-order chi connectivity index (χ1) is 29.7. The fourth-order valence-electron chi connectivity index (χ4n) is 7.12. The second kappa shape index (κ2) is 25.3. The van der Waals surface area contributed by atoms with Gasteiger partial charge in [-0.25, -0.2) is 13.6 Å². The molecule has 7 N–H and O–H groups in total. The number of thioether (sulfide) groups is 1. The van der Waals surface area contributed by atoms with E-state index in [4.69, 9.17) is 15.6 Å². The predicted molar refractivity (Wildman–Crippen MR) is 232 cm³/mol. The Kier molecular flexibility index (Phi) is 21.0. The number of rotatable bonds is 21. The number of benzene rings is 2. The van der Waals surface area contributed by atoms with E-state index in [-0.39, 0.29) is 60.4 Å². The van der Waals surface area contributed by atoms with Gasteiger partial charge in [-0.3, -0.25) is 19.2 Å². The summed E-state index contributed by atoms with van der Waals surface area (Å²) in [7, 11) is 0. The molecule has 4 amide bonds. The van der Waals surface area contributed by atoms with Gasteiger partial charge in [-0.05, 0) is 86.5 Å². The smallest absolute Gasteiger partial charge is 0.475 e. The Morgan fingerprint density at radius 1 is 1.00 bits per heavy atom. The van der Waals surface area contributed by atoms with Crippen LogP contribution < -0.4 is 27.0 Å². The molecule has 0 saturated carbocycles. The number of nitrogens with zero attached hydrogens (tertiary/aromatic N) is 2. The quantitative estimate of drug-likeness (QED) is 0.0582. The number of aromatic nitrogens is 1. The summed E-state index contributed by atoms with van der Waals surface area (Å²) in [5, 5.41) is 18.8. The van der Waals surface area contributed by atoms with Crippen LogP contribution in [0.4, 0.5) is 22.0 Å². The van der Waals surface area contributed by atoms with Crippen molar-refractivity contribution in [2.45, 2.75) is 84.6 Å². The summed E-state index contributed by atoms with van der Waals surface area (Å²) in [6.45, 7) is 11.3. The molecule has 0 spiro atoms. The van der Waals surface area contributed by atoms with Crippen LogP contribution in [0.15, 0.2) is 60.8 Å². The van der Waals surface area contributed by atoms with Crippen molar-refractivity contribution in [3.8, 4) is 11.1 Å². The van der Waals surface area contributed by atoms with Crippen LogP contribution in [0.5, 0.6) is 0 Å². The molecule has 1 aliphatic rings. The van der Waals surface area contributed by atoms with Crippen molar-refractivity contribution >= 4 is 41.4 Å². The lowest BCUT2D eigenvalue weighted by Gasteiger charge is -2.42. The molecule has 3 aromatic rings. The zero-order valence-corrected chi connectivity index (χ0v) is 37.0. The summed E-state index contributed by atoms with van der Waals surface area (Å²) in [5.41, 5.74) is 7.66. The number of nitrogens with one attached hydrogen (secondary N) is 4. The average molecular weight is 910 g/mol. The monoisotopic (exact) mass is 909 g/mol. The fourth-order valence-corrected chi connectivity index (χ4v) is 7.94. The van der Waals surface area contributed by atoms with Crippen LogP contribution in [0.25, 0.3) is 11.1 Å². The van der Waals surface area contributed by atoms with E-state index in [9.17, 15) is 36.7 Å². The van der Waals surface area contributed by atoms with Crippen LogP contribution in [0, 0.1) is 23.0 Å². The van der Waals surface area contributed by atoms with Gasteiger partial charge < -0.3 is 41.6 Å². The second-order valence-electron chi connectivity index (χ2n) is 16.3. The van der Waals surface area contributed by atoms with E-state index in [0.29, 0.717) is 43.8 Å². The van der Waals surface area contributed by atoms with Gasteiger partial charge in [0.25, 0.3) is 0 Å². The fraction of sp³-hybridized carbons (Fsp3) is 0.523. The third-order valence-corrected chi connectivity index (χ3v) is 11.0. The van der Waals surface area contributed by atoms with E-state index in [1.54, 1.807) is 0 Å². The van der Waals surface area contributed by atoms with E-state index in [0.717, 1.165) is 49.3 Å². The zero-order valence-electron chi connectivity index (χ0n) is 36.2. The first-order valence-corrected chi connectivity index (χ1v) is 22.0. The molecule has 19 heteroatoms.